The summed E-state index contributed by atoms with van der Waals surface area (Å²) >= 11 is 9.72. The number of rotatable bonds is 3. The third-order valence-electron chi connectivity index (χ3n) is 3.60. The highest BCUT2D eigenvalue weighted by Gasteiger charge is 2.17. The fourth-order valence-corrected chi connectivity index (χ4v) is 3.22. The molecule has 0 aliphatic carbocycles. The summed E-state index contributed by atoms with van der Waals surface area (Å²) in [5.74, 6) is 0. The average Bonchev–Trinajstić information content (AvgIpc) is 2.61. The summed E-state index contributed by atoms with van der Waals surface area (Å²) < 4.78 is 1.04. The molecule has 1 saturated heterocycles. The van der Waals surface area contributed by atoms with Crippen LogP contribution in [0.1, 0.15) is 24.8 Å². The zero-order valence-corrected chi connectivity index (χ0v) is 13.1. The molecule has 100 valence electrons. The Hall–Kier alpha value is -0.0900. The molecule has 2 rings (SSSR count). The maximum Gasteiger partial charge on any atom is 0.0462 e. The summed E-state index contributed by atoms with van der Waals surface area (Å²) in [6.07, 6.45) is 3.77. The molecule has 1 aromatic carbocycles. The Morgan fingerprint density at radius 3 is 3.00 bits per heavy atom. The first kappa shape index (κ1) is 14.3. The molecular weight excluding hydrogens is 312 g/mol. The lowest BCUT2D eigenvalue weighted by Gasteiger charge is -2.27. The monoisotopic (exact) mass is 330 g/mol. The van der Waals surface area contributed by atoms with Gasteiger partial charge in [0.05, 0.1) is 0 Å². The van der Waals surface area contributed by atoms with E-state index in [2.05, 4.69) is 45.3 Å². The normalized spacial score (nSPS) is 21.0. The number of hydrogen-bond acceptors (Lipinski definition) is 2. The third-order valence-corrected chi connectivity index (χ3v) is 4.45. The van der Waals surface area contributed by atoms with E-state index in [4.69, 9.17) is 11.6 Å². The first-order chi connectivity index (χ1) is 8.66. The van der Waals surface area contributed by atoms with E-state index in [1.807, 2.05) is 6.07 Å². The zero-order chi connectivity index (χ0) is 13.0. The number of nitrogens with zero attached hydrogens (tertiary/aromatic N) is 1. The Morgan fingerprint density at radius 2 is 2.22 bits per heavy atom. The minimum Gasteiger partial charge on any atom is -0.317 e. The van der Waals surface area contributed by atoms with E-state index < -0.39 is 0 Å². The molecule has 1 atom stereocenters. The second-order valence-corrected chi connectivity index (χ2v) is 6.31. The Balaban J connectivity index is 1.98. The zero-order valence-electron chi connectivity index (χ0n) is 10.8. The number of nitrogens with one attached hydrogen (secondary N) is 1. The molecule has 1 unspecified atom stereocenters. The van der Waals surface area contributed by atoms with Crippen molar-refractivity contribution in [2.75, 3.05) is 20.1 Å². The molecule has 4 heteroatoms. The maximum atomic E-state index is 6.28. The second kappa shape index (κ2) is 6.90. The molecule has 2 nitrogen and oxygen atoms in total. The summed E-state index contributed by atoms with van der Waals surface area (Å²) in [5.41, 5.74) is 1.21. The van der Waals surface area contributed by atoms with Gasteiger partial charge in [0, 0.05) is 22.1 Å². The Morgan fingerprint density at radius 1 is 1.39 bits per heavy atom. The van der Waals surface area contributed by atoms with E-state index in [-0.39, 0.29) is 0 Å². The van der Waals surface area contributed by atoms with Crippen LogP contribution in [-0.4, -0.2) is 31.1 Å². The van der Waals surface area contributed by atoms with Gasteiger partial charge in [-0.15, -0.1) is 0 Å². The third kappa shape index (κ3) is 3.95. The van der Waals surface area contributed by atoms with Crippen LogP contribution in [0.25, 0.3) is 0 Å². The van der Waals surface area contributed by atoms with Gasteiger partial charge < -0.3 is 5.32 Å². The average molecular weight is 332 g/mol. The molecule has 1 N–H and O–H groups in total. The highest BCUT2D eigenvalue weighted by molar-refractivity contribution is 9.10. The van der Waals surface area contributed by atoms with Crippen LogP contribution in [0.3, 0.4) is 0 Å². The van der Waals surface area contributed by atoms with Gasteiger partial charge in [-0.25, -0.2) is 0 Å². The first-order valence-corrected chi connectivity index (χ1v) is 7.69. The summed E-state index contributed by atoms with van der Waals surface area (Å²) in [6, 6.07) is 6.81. The van der Waals surface area contributed by atoms with Crippen molar-refractivity contribution in [3.63, 3.8) is 0 Å². The van der Waals surface area contributed by atoms with Crippen LogP contribution in [0.2, 0.25) is 5.02 Å². The molecule has 0 radical (unpaired) electrons. The summed E-state index contributed by atoms with van der Waals surface area (Å²) in [5, 5.41) is 4.31. The van der Waals surface area contributed by atoms with Gasteiger partial charge in [0.2, 0.25) is 0 Å². The highest BCUT2D eigenvalue weighted by Crippen LogP contribution is 2.24. The van der Waals surface area contributed by atoms with Crippen molar-refractivity contribution in [1.82, 2.24) is 10.2 Å². The predicted molar refractivity (Wildman–Crippen MR) is 81.1 cm³/mol. The summed E-state index contributed by atoms with van der Waals surface area (Å²) in [7, 11) is 2.20. The van der Waals surface area contributed by atoms with Crippen molar-refractivity contribution in [1.29, 1.82) is 0 Å². The van der Waals surface area contributed by atoms with Crippen LogP contribution in [0.5, 0.6) is 0 Å². The lowest BCUT2D eigenvalue weighted by atomic mass is 10.1. The number of hydrogen-bond donors (Lipinski definition) is 1. The standard InChI is InChI=1S/C14H20BrClN2/c1-18(13-3-2-7-17-8-6-13)10-11-4-5-12(15)9-14(11)16/h4-5,9,13,17H,2-3,6-8,10H2,1H3. The van der Waals surface area contributed by atoms with E-state index in [9.17, 15) is 0 Å². The second-order valence-electron chi connectivity index (χ2n) is 4.99. The van der Waals surface area contributed by atoms with Crippen molar-refractivity contribution >= 4 is 27.5 Å². The highest BCUT2D eigenvalue weighted by atomic mass is 79.9. The molecule has 0 bridgehead atoms. The van der Waals surface area contributed by atoms with Crippen molar-refractivity contribution in [3.8, 4) is 0 Å². The van der Waals surface area contributed by atoms with E-state index in [0.29, 0.717) is 6.04 Å². The van der Waals surface area contributed by atoms with Crippen LogP contribution < -0.4 is 5.32 Å². The van der Waals surface area contributed by atoms with Crippen LogP contribution >= 0.6 is 27.5 Å². The molecule has 1 heterocycles. The summed E-state index contributed by atoms with van der Waals surface area (Å²) in [6.45, 7) is 3.21. The van der Waals surface area contributed by atoms with E-state index in [0.717, 1.165) is 29.1 Å². The molecule has 18 heavy (non-hydrogen) atoms. The lowest BCUT2D eigenvalue weighted by molar-refractivity contribution is 0.216. The molecule has 0 aromatic heterocycles. The molecule has 1 aliphatic heterocycles. The van der Waals surface area contributed by atoms with Crippen LogP contribution in [0, 0.1) is 0 Å². The van der Waals surface area contributed by atoms with E-state index >= 15 is 0 Å². The van der Waals surface area contributed by atoms with Crippen LogP contribution in [-0.2, 0) is 6.54 Å². The lowest BCUT2D eigenvalue weighted by Crippen LogP contribution is -2.32. The van der Waals surface area contributed by atoms with Crippen molar-refractivity contribution in [2.45, 2.75) is 31.8 Å². The Labute approximate surface area is 123 Å². The smallest absolute Gasteiger partial charge is 0.0462 e. The SMILES string of the molecule is CN(Cc1ccc(Br)cc1Cl)C1CCCNCC1. The van der Waals surface area contributed by atoms with Gasteiger partial charge in [0.1, 0.15) is 0 Å². The van der Waals surface area contributed by atoms with E-state index in [1.54, 1.807) is 0 Å². The number of halogens is 2. The van der Waals surface area contributed by atoms with Gasteiger partial charge in [-0.3, -0.25) is 4.90 Å². The molecule has 1 fully saturated rings. The fraction of sp³-hybridized carbons (Fsp3) is 0.571. The van der Waals surface area contributed by atoms with Gasteiger partial charge in [-0.05, 0) is 57.1 Å². The van der Waals surface area contributed by atoms with Crippen molar-refractivity contribution in [2.24, 2.45) is 0 Å². The molecular formula is C14H20BrClN2. The van der Waals surface area contributed by atoms with Crippen molar-refractivity contribution in [3.05, 3.63) is 33.3 Å². The minimum atomic E-state index is 0.666. The quantitative estimate of drug-likeness (QED) is 0.909. The van der Waals surface area contributed by atoms with E-state index in [1.165, 1.54) is 24.8 Å². The van der Waals surface area contributed by atoms with Gasteiger partial charge >= 0.3 is 0 Å². The fourth-order valence-electron chi connectivity index (χ4n) is 2.49. The molecule has 1 aromatic rings. The first-order valence-electron chi connectivity index (χ1n) is 6.51. The van der Waals surface area contributed by atoms with Gasteiger partial charge in [0.25, 0.3) is 0 Å². The molecule has 0 saturated carbocycles. The van der Waals surface area contributed by atoms with Gasteiger partial charge in [-0.1, -0.05) is 33.6 Å². The van der Waals surface area contributed by atoms with Crippen LogP contribution in [0.15, 0.2) is 22.7 Å². The van der Waals surface area contributed by atoms with Crippen molar-refractivity contribution < 1.29 is 0 Å². The maximum absolute atomic E-state index is 6.28. The molecule has 0 spiro atoms. The summed E-state index contributed by atoms with van der Waals surface area (Å²) in [4.78, 5) is 2.43. The number of benzene rings is 1. The molecule has 0 amide bonds. The van der Waals surface area contributed by atoms with Gasteiger partial charge in [0.15, 0.2) is 0 Å². The predicted octanol–water partition coefficient (Wildman–Crippen LogP) is 3.68. The van der Waals surface area contributed by atoms with Crippen LogP contribution in [0.4, 0.5) is 0 Å². The largest absolute Gasteiger partial charge is 0.317 e. The molecule has 1 aliphatic rings. The topological polar surface area (TPSA) is 15.3 Å². The Kier molecular flexibility index (Phi) is 5.49. The Bertz CT molecular complexity index is 389. The van der Waals surface area contributed by atoms with Gasteiger partial charge in [-0.2, -0.15) is 0 Å². The minimum absolute atomic E-state index is 0.666.